The van der Waals surface area contributed by atoms with Crippen LogP contribution in [0.15, 0.2) is 224 Å². The lowest BCUT2D eigenvalue weighted by Gasteiger charge is -2.15. The molecule has 298 valence electrons. The van der Waals surface area contributed by atoms with Crippen molar-refractivity contribution in [1.29, 1.82) is 0 Å². The fourth-order valence-electron chi connectivity index (χ4n) is 9.71. The summed E-state index contributed by atoms with van der Waals surface area (Å²) >= 11 is 0. The molecular weight excluding hydrogens is 779 g/mol. The SMILES string of the molecule is c1ccc(-c2ccc(-c3nc(-c4ccc5c(c4)c4ccccc4n5-c4ccccc4)nc(-c4cc(-n5c6ccccc6c6cc7ccccc7cc65)cc5ccccc45)n3)cc2)cc1. The molecule has 5 nitrogen and oxygen atoms in total. The third-order valence-corrected chi connectivity index (χ3v) is 12.7. The molecule has 13 aromatic rings. The molecule has 0 aliphatic carbocycles. The van der Waals surface area contributed by atoms with E-state index < -0.39 is 0 Å². The fourth-order valence-corrected chi connectivity index (χ4v) is 9.71. The fraction of sp³-hybridized carbons (Fsp3) is 0. The molecule has 0 unspecified atom stereocenters. The molecular formula is C59H37N5. The van der Waals surface area contributed by atoms with Crippen molar-refractivity contribution in [1.82, 2.24) is 24.1 Å². The summed E-state index contributed by atoms with van der Waals surface area (Å²) in [6.45, 7) is 0. The number of fused-ring (bicyclic) bond motifs is 8. The van der Waals surface area contributed by atoms with E-state index in [1.807, 2.05) is 6.07 Å². The van der Waals surface area contributed by atoms with Gasteiger partial charge >= 0.3 is 0 Å². The topological polar surface area (TPSA) is 48.5 Å². The van der Waals surface area contributed by atoms with E-state index >= 15 is 0 Å². The van der Waals surface area contributed by atoms with Crippen LogP contribution < -0.4 is 0 Å². The molecule has 0 aliphatic heterocycles. The zero-order valence-corrected chi connectivity index (χ0v) is 34.6. The zero-order valence-electron chi connectivity index (χ0n) is 34.6. The summed E-state index contributed by atoms with van der Waals surface area (Å²) in [5.41, 5.74) is 11.8. The van der Waals surface area contributed by atoms with Crippen LogP contribution in [0.1, 0.15) is 0 Å². The van der Waals surface area contributed by atoms with Crippen molar-refractivity contribution in [3.05, 3.63) is 224 Å². The van der Waals surface area contributed by atoms with Crippen molar-refractivity contribution in [2.24, 2.45) is 0 Å². The maximum atomic E-state index is 5.42. The Morgan fingerprint density at radius 2 is 0.734 bits per heavy atom. The van der Waals surface area contributed by atoms with Gasteiger partial charge in [0.15, 0.2) is 17.5 Å². The van der Waals surface area contributed by atoms with Gasteiger partial charge in [-0.15, -0.1) is 0 Å². The first-order chi connectivity index (χ1) is 31.7. The predicted octanol–water partition coefficient (Wildman–Crippen LogP) is 15.0. The van der Waals surface area contributed by atoms with E-state index in [0.717, 1.165) is 77.4 Å². The van der Waals surface area contributed by atoms with Crippen LogP contribution in [0.2, 0.25) is 0 Å². The van der Waals surface area contributed by atoms with Crippen molar-refractivity contribution in [2.75, 3.05) is 0 Å². The number of para-hydroxylation sites is 3. The molecule has 64 heavy (non-hydrogen) atoms. The van der Waals surface area contributed by atoms with Gasteiger partial charge in [-0.05, 0) is 99.4 Å². The monoisotopic (exact) mass is 815 g/mol. The van der Waals surface area contributed by atoms with Crippen LogP contribution in [0.25, 0.3) is 122 Å². The minimum atomic E-state index is 0.614. The first-order valence-electron chi connectivity index (χ1n) is 21.7. The van der Waals surface area contributed by atoms with Crippen molar-refractivity contribution in [2.45, 2.75) is 0 Å². The summed E-state index contributed by atoms with van der Waals surface area (Å²) in [4.78, 5) is 16.1. The van der Waals surface area contributed by atoms with Crippen molar-refractivity contribution >= 4 is 65.2 Å². The molecule has 0 amide bonds. The molecule has 13 rings (SSSR count). The van der Waals surface area contributed by atoms with E-state index in [1.165, 1.54) is 26.9 Å². The van der Waals surface area contributed by atoms with Crippen LogP contribution in [0.4, 0.5) is 0 Å². The maximum Gasteiger partial charge on any atom is 0.164 e. The van der Waals surface area contributed by atoms with Crippen molar-refractivity contribution < 1.29 is 0 Å². The molecule has 0 N–H and O–H groups in total. The third-order valence-electron chi connectivity index (χ3n) is 12.7. The highest BCUT2D eigenvalue weighted by atomic mass is 15.0. The summed E-state index contributed by atoms with van der Waals surface area (Å²) in [5.74, 6) is 1.84. The normalized spacial score (nSPS) is 11.8. The van der Waals surface area contributed by atoms with Gasteiger partial charge in [0.2, 0.25) is 0 Å². The van der Waals surface area contributed by atoms with Crippen LogP contribution in [-0.2, 0) is 0 Å². The van der Waals surface area contributed by atoms with Gasteiger partial charge in [0.05, 0.1) is 22.1 Å². The number of hydrogen-bond acceptors (Lipinski definition) is 3. The van der Waals surface area contributed by atoms with Gasteiger partial charge < -0.3 is 9.13 Å². The Kier molecular flexibility index (Phi) is 8.15. The third kappa shape index (κ3) is 5.83. The van der Waals surface area contributed by atoms with Crippen LogP contribution in [0.5, 0.6) is 0 Å². The molecule has 0 atom stereocenters. The van der Waals surface area contributed by atoms with Crippen LogP contribution in [0, 0.1) is 0 Å². The molecule has 0 fully saturated rings. The summed E-state index contributed by atoms with van der Waals surface area (Å²) < 4.78 is 4.73. The van der Waals surface area contributed by atoms with Gasteiger partial charge in [0.25, 0.3) is 0 Å². The molecule has 0 bridgehead atoms. The molecule has 5 heteroatoms. The minimum Gasteiger partial charge on any atom is -0.309 e. The van der Waals surface area contributed by atoms with Gasteiger partial charge in [-0.1, -0.05) is 158 Å². The van der Waals surface area contributed by atoms with E-state index in [9.17, 15) is 0 Å². The Bertz CT molecular complexity index is 3940. The summed E-state index contributed by atoms with van der Waals surface area (Å²) in [6.07, 6.45) is 0. The smallest absolute Gasteiger partial charge is 0.164 e. The number of aromatic nitrogens is 5. The van der Waals surface area contributed by atoms with Crippen molar-refractivity contribution in [3.63, 3.8) is 0 Å². The number of rotatable bonds is 6. The lowest BCUT2D eigenvalue weighted by molar-refractivity contribution is 1.07. The summed E-state index contributed by atoms with van der Waals surface area (Å²) in [5, 5.41) is 9.35. The molecule has 3 heterocycles. The maximum absolute atomic E-state index is 5.42. The molecule has 0 aliphatic rings. The molecule has 3 aromatic heterocycles. The second-order valence-corrected chi connectivity index (χ2v) is 16.5. The van der Waals surface area contributed by atoms with Crippen molar-refractivity contribution in [3.8, 4) is 56.7 Å². The summed E-state index contributed by atoms with van der Waals surface area (Å²) in [6, 6.07) is 79.9. The number of hydrogen-bond donors (Lipinski definition) is 0. The molecule has 0 saturated carbocycles. The Morgan fingerprint density at radius 1 is 0.250 bits per heavy atom. The highest BCUT2D eigenvalue weighted by Crippen LogP contribution is 2.40. The summed E-state index contributed by atoms with van der Waals surface area (Å²) in [7, 11) is 0. The highest BCUT2D eigenvalue weighted by Gasteiger charge is 2.20. The highest BCUT2D eigenvalue weighted by molar-refractivity contribution is 6.14. The first kappa shape index (κ1) is 36.0. The van der Waals surface area contributed by atoms with Gasteiger partial charge in [-0.3, -0.25) is 0 Å². The first-order valence-corrected chi connectivity index (χ1v) is 21.7. The Balaban J connectivity index is 1.05. The van der Waals surface area contributed by atoms with Crippen LogP contribution >= 0.6 is 0 Å². The van der Waals surface area contributed by atoms with E-state index in [0.29, 0.717) is 17.5 Å². The standard InChI is InChI=1S/C59H37N5/c1-3-15-38(16-4-1)39-27-29-40(30-28-39)57-60-58(44-31-32-55-50(35-44)48-23-11-13-25-53(48)63(55)45-20-5-2-6-21-45)62-59(61-57)52-37-46(33-43-19-9-10-22-47(43)52)64-54-26-14-12-24-49(54)51-34-41-17-7-8-18-42(41)36-56(51)64/h1-37H. The van der Waals surface area contributed by atoms with E-state index in [-0.39, 0.29) is 0 Å². The molecule has 0 radical (unpaired) electrons. The Morgan fingerprint density at radius 3 is 1.45 bits per heavy atom. The Hall–Kier alpha value is -8.67. The quantitative estimate of drug-likeness (QED) is 0.168. The average Bonchev–Trinajstić information content (AvgIpc) is 3.87. The molecule has 0 spiro atoms. The number of nitrogens with zero attached hydrogens (tertiary/aromatic N) is 5. The van der Waals surface area contributed by atoms with Gasteiger partial charge in [0, 0.05) is 49.6 Å². The molecule has 10 aromatic carbocycles. The van der Waals surface area contributed by atoms with Gasteiger partial charge in [0.1, 0.15) is 0 Å². The second kappa shape index (κ2) is 14.5. The number of benzene rings is 10. The molecule has 0 saturated heterocycles. The second-order valence-electron chi connectivity index (χ2n) is 16.5. The van der Waals surface area contributed by atoms with E-state index in [1.54, 1.807) is 0 Å². The Labute approximate surface area is 368 Å². The predicted molar refractivity (Wildman–Crippen MR) is 265 cm³/mol. The van der Waals surface area contributed by atoms with E-state index in [4.69, 9.17) is 15.0 Å². The van der Waals surface area contributed by atoms with Gasteiger partial charge in [-0.2, -0.15) is 0 Å². The lowest BCUT2D eigenvalue weighted by Crippen LogP contribution is -2.02. The van der Waals surface area contributed by atoms with E-state index in [2.05, 4.69) is 228 Å². The average molecular weight is 816 g/mol. The van der Waals surface area contributed by atoms with Crippen LogP contribution in [0.3, 0.4) is 0 Å². The zero-order chi connectivity index (χ0) is 42.1. The minimum absolute atomic E-state index is 0.614. The lowest BCUT2D eigenvalue weighted by atomic mass is 10.0. The van der Waals surface area contributed by atoms with Gasteiger partial charge in [-0.25, -0.2) is 15.0 Å². The largest absolute Gasteiger partial charge is 0.309 e. The van der Waals surface area contributed by atoms with Crippen LogP contribution in [-0.4, -0.2) is 24.1 Å².